The lowest BCUT2D eigenvalue weighted by atomic mass is 10.1. The van der Waals surface area contributed by atoms with Crippen LogP contribution in [0.5, 0.6) is 11.5 Å². The molecule has 0 aromatic heterocycles. The summed E-state index contributed by atoms with van der Waals surface area (Å²) in [5.74, 6) is -0.0870. The number of phenols is 2. The predicted octanol–water partition coefficient (Wildman–Crippen LogP) is 1.10. The molecule has 0 saturated carbocycles. The first kappa shape index (κ1) is 8.62. The summed E-state index contributed by atoms with van der Waals surface area (Å²) in [4.78, 5) is 0. The summed E-state index contributed by atoms with van der Waals surface area (Å²) < 4.78 is 0. The zero-order valence-corrected chi connectivity index (χ0v) is 6.49. The van der Waals surface area contributed by atoms with E-state index in [1.54, 1.807) is 0 Å². The van der Waals surface area contributed by atoms with Crippen LogP contribution in [0.1, 0.15) is 5.56 Å². The van der Waals surface area contributed by atoms with Crippen molar-refractivity contribution < 1.29 is 15.3 Å². The molecule has 0 aliphatic carbocycles. The fourth-order valence-electron chi connectivity index (χ4n) is 0.904. The van der Waals surface area contributed by atoms with Gasteiger partial charge in [-0.3, -0.25) is 0 Å². The molecule has 0 aliphatic rings. The smallest absolute Gasteiger partial charge is 0.126 e. The average Bonchev–Trinajstić information content (AvgIpc) is 2.03. The molecule has 0 radical (unpaired) electrons. The Morgan fingerprint density at radius 2 is 2.00 bits per heavy atom. The SMILES string of the molecule is C=C(CO)c1ccc(O)cc1O. The van der Waals surface area contributed by atoms with Crippen LogP contribution in [0.15, 0.2) is 24.8 Å². The Morgan fingerprint density at radius 3 is 2.50 bits per heavy atom. The Bertz CT molecular complexity index is 305. The first-order valence-corrected chi connectivity index (χ1v) is 3.46. The summed E-state index contributed by atoms with van der Waals surface area (Å²) in [5.41, 5.74) is 0.878. The van der Waals surface area contributed by atoms with Crippen molar-refractivity contribution in [2.75, 3.05) is 6.61 Å². The standard InChI is InChI=1S/C9H10O3/c1-6(5-10)8-3-2-7(11)4-9(8)12/h2-4,10-12H,1,5H2. The van der Waals surface area contributed by atoms with Crippen LogP contribution in [-0.2, 0) is 0 Å². The van der Waals surface area contributed by atoms with Gasteiger partial charge in [0.15, 0.2) is 0 Å². The van der Waals surface area contributed by atoms with Gasteiger partial charge < -0.3 is 15.3 Å². The molecule has 0 unspecified atom stereocenters. The zero-order valence-electron chi connectivity index (χ0n) is 6.49. The maximum Gasteiger partial charge on any atom is 0.126 e. The predicted molar refractivity (Wildman–Crippen MR) is 45.9 cm³/mol. The summed E-state index contributed by atoms with van der Waals surface area (Å²) >= 11 is 0. The third kappa shape index (κ3) is 1.57. The number of aliphatic hydroxyl groups excluding tert-OH is 1. The molecule has 1 rings (SSSR count). The van der Waals surface area contributed by atoms with Gasteiger partial charge in [0.25, 0.3) is 0 Å². The highest BCUT2D eigenvalue weighted by Gasteiger charge is 2.04. The van der Waals surface area contributed by atoms with E-state index in [4.69, 9.17) is 10.2 Å². The van der Waals surface area contributed by atoms with Gasteiger partial charge in [-0.2, -0.15) is 0 Å². The van der Waals surface area contributed by atoms with Crippen molar-refractivity contribution in [3.8, 4) is 11.5 Å². The molecule has 3 N–H and O–H groups in total. The molecule has 1 aromatic rings. The molecule has 0 spiro atoms. The fourth-order valence-corrected chi connectivity index (χ4v) is 0.904. The van der Waals surface area contributed by atoms with Crippen LogP contribution in [0, 0.1) is 0 Å². The topological polar surface area (TPSA) is 60.7 Å². The third-order valence-electron chi connectivity index (χ3n) is 1.55. The third-order valence-corrected chi connectivity index (χ3v) is 1.55. The van der Waals surface area contributed by atoms with Crippen molar-refractivity contribution in [1.29, 1.82) is 0 Å². The molecule has 64 valence electrons. The van der Waals surface area contributed by atoms with Crippen LogP contribution in [0.2, 0.25) is 0 Å². The highest BCUT2D eigenvalue weighted by Crippen LogP contribution is 2.27. The Hall–Kier alpha value is -1.48. The van der Waals surface area contributed by atoms with Gasteiger partial charge in [0, 0.05) is 11.6 Å². The Labute approximate surface area is 70.2 Å². The van der Waals surface area contributed by atoms with Crippen LogP contribution in [0.4, 0.5) is 0 Å². The molecule has 0 amide bonds. The lowest BCUT2D eigenvalue weighted by molar-refractivity contribution is 0.349. The van der Waals surface area contributed by atoms with E-state index in [1.165, 1.54) is 18.2 Å². The lowest BCUT2D eigenvalue weighted by Crippen LogP contribution is -1.88. The second-order valence-electron chi connectivity index (χ2n) is 2.46. The Morgan fingerprint density at radius 1 is 1.33 bits per heavy atom. The Balaban J connectivity index is 3.09. The van der Waals surface area contributed by atoms with E-state index in [0.717, 1.165) is 0 Å². The number of benzene rings is 1. The number of hydrogen-bond acceptors (Lipinski definition) is 3. The van der Waals surface area contributed by atoms with E-state index in [1.807, 2.05) is 0 Å². The first-order valence-electron chi connectivity index (χ1n) is 3.46. The van der Waals surface area contributed by atoms with E-state index in [-0.39, 0.29) is 18.1 Å². The van der Waals surface area contributed by atoms with Crippen LogP contribution in [0.3, 0.4) is 0 Å². The van der Waals surface area contributed by atoms with Crippen LogP contribution in [0.25, 0.3) is 5.57 Å². The minimum absolute atomic E-state index is 0.0120. The van der Waals surface area contributed by atoms with Gasteiger partial charge in [-0.25, -0.2) is 0 Å². The van der Waals surface area contributed by atoms with Gasteiger partial charge in [-0.05, 0) is 17.7 Å². The summed E-state index contributed by atoms with van der Waals surface area (Å²) in [7, 11) is 0. The maximum atomic E-state index is 9.26. The summed E-state index contributed by atoms with van der Waals surface area (Å²) in [5, 5.41) is 26.9. The van der Waals surface area contributed by atoms with Crippen molar-refractivity contribution in [3.05, 3.63) is 30.3 Å². The minimum atomic E-state index is -0.210. The van der Waals surface area contributed by atoms with Crippen molar-refractivity contribution in [1.82, 2.24) is 0 Å². The van der Waals surface area contributed by atoms with Gasteiger partial charge in [0.1, 0.15) is 11.5 Å². The molecule has 0 saturated heterocycles. The van der Waals surface area contributed by atoms with Gasteiger partial charge >= 0.3 is 0 Å². The van der Waals surface area contributed by atoms with Crippen LogP contribution < -0.4 is 0 Å². The molecular formula is C9H10O3. The molecule has 0 bridgehead atoms. The highest BCUT2D eigenvalue weighted by molar-refractivity contribution is 5.69. The number of hydrogen-bond donors (Lipinski definition) is 3. The first-order chi connectivity index (χ1) is 5.65. The number of rotatable bonds is 2. The Kier molecular flexibility index (Phi) is 2.35. The molecule has 3 heteroatoms. The van der Waals surface area contributed by atoms with Crippen molar-refractivity contribution >= 4 is 5.57 Å². The average molecular weight is 166 g/mol. The normalized spacial score (nSPS) is 9.75. The molecule has 12 heavy (non-hydrogen) atoms. The monoisotopic (exact) mass is 166 g/mol. The summed E-state index contributed by atoms with van der Waals surface area (Å²) in [6, 6.07) is 4.13. The highest BCUT2D eigenvalue weighted by atomic mass is 16.3. The van der Waals surface area contributed by atoms with E-state index in [9.17, 15) is 5.11 Å². The largest absolute Gasteiger partial charge is 0.508 e. The van der Waals surface area contributed by atoms with E-state index in [0.29, 0.717) is 11.1 Å². The fraction of sp³-hybridized carbons (Fsp3) is 0.111. The number of aliphatic hydroxyl groups is 1. The van der Waals surface area contributed by atoms with Crippen molar-refractivity contribution in [2.45, 2.75) is 0 Å². The van der Waals surface area contributed by atoms with Crippen LogP contribution in [-0.4, -0.2) is 21.9 Å². The van der Waals surface area contributed by atoms with Gasteiger partial charge in [0.05, 0.1) is 6.61 Å². The van der Waals surface area contributed by atoms with Gasteiger partial charge in [-0.15, -0.1) is 0 Å². The van der Waals surface area contributed by atoms with Crippen molar-refractivity contribution in [3.63, 3.8) is 0 Å². The van der Waals surface area contributed by atoms with Crippen molar-refractivity contribution in [2.24, 2.45) is 0 Å². The number of phenolic OH excluding ortho intramolecular Hbond substituents is 2. The second-order valence-corrected chi connectivity index (χ2v) is 2.46. The molecule has 0 fully saturated rings. The second kappa shape index (κ2) is 3.28. The molecule has 0 atom stereocenters. The lowest BCUT2D eigenvalue weighted by Gasteiger charge is -2.04. The maximum absolute atomic E-state index is 9.26. The molecule has 1 aromatic carbocycles. The zero-order chi connectivity index (χ0) is 9.14. The minimum Gasteiger partial charge on any atom is -0.508 e. The van der Waals surface area contributed by atoms with E-state index >= 15 is 0 Å². The quantitative estimate of drug-likeness (QED) is 0.616. The summed E-state index contributed by atoms with van der Waals surface area (Å²) in [6.45, 7) is 3.33. The van der Waals surface area contributed by atoms with Gasteiger partial charge in [0.2, 0.25) is 0 Å². The molecule has 0 aliphatic heterocycles. The van der Waals surface area contributed by atoms with Gasteiger partial charge in [-0.1, -0.05) is 6.58 Å². The van der Waals surface area contributed by atoms with E-state index < -0.39 is 0 Å². The molecule has 0 heterocycles. The number of aromatic hydroxyl groups is 2. The molecule has 3 nitrogen and oxygen atoms in total. The van der Waals surface area contributed by atoms with Crippen LogP contribution >= 0.6 is 0 Å². The summed E-state index contributed by atoms with van der Waals surface area (Å²) in [6.07, 6.45) is 0. The van der Waals surface area contributed by atoms with E-state index in [2.05, 4.69) is 6.58 Å². The molecular weight excluding hydrogens is 156 g/mol.